The summed E-state index contributed by atoms with van der Waals surface area (Å²) in [5, 5.41) is 8.89. The van der Waals surface area contributed by atoms with E-state index in [2.05, 4.69) is 45.9 Å². The number of hydrogen-bond donors (Lipinski definition) is 1. The standard InChI is InChI=1S/C21H28O2/c1-16(2)7-5-8-17(3)9-6-10-18(4)15-19-11-13-20(14-12-19)21(22)23/h7,9,11-15H,5-6,8,10H2,1-4H3,(H,22,23)/b17-9+,18-15+. The Bertz CT molecular complexity index is 597. The quantitative estimate of drug-likeness (QED) is 0.575. The number of allylic oxidation sites excluding steroid dienone is 5. The molecule has 0 radical (unpaired) electrons. The van der Waals surface area contributed by atoms with Crippen LogP contribution in [0.4, 0.5) is 0 Å². The maximum absolute atomic E-state index is 10.8. The Morgan fingerprint density at radius 1 is 0.913 bits per heavy atom. The highest BCUT2D eigenvalue weighted by molar-refractivity contribution is 5.87. The fraction of sp³-hybridized carbons (Fsp3) is 0.381. The summed E-state index contributed by atoms with van der Waals surface area (Å²) in [6.07, 6.45) is 11.1. The molecule has 23 heavy (non-hydrogen) atoms. The maximum atomic E-state index is 10.8. The molecule has 2 nitrogen and oxygen atoms in total. The number of benzene rings is 1. The van der Waals surface area contributed by atoms with Crippen molar-refractivity contribution in [1.82, 2.24) is 0 Å². The third-order valence-electron chi connectivity index (χ3n) is 3.69. The summed E-state index contributed by atoms with van der Waals surface area (Å²) >= 11 is 0. The highest BCUT2D eigenvalue weighted by atomic mass is 16.4. The van der Waals surface area contributed by atoms with Crippen molar-refractivity contribution in [2.45, 2.75) is 53.4 Å². The highest BCUT2D eigenvalue weighted by Gasteiger charge is 2.00. The van der Waals surface area contributed by atoms with Crippen molar-refractivity contribution in [1.29, 1.82) is 0 Å². The number of carboxylic acids is 1. The Morgan fingerprint density at radius 2 is 1.48 bits per heavy atom. The summed E-state index contributed by atoms with van der Waals surface area (Å²) in [6, 6.07) is 7.00. The van der Waals surface area contributed by atoms with Gasteiger partial charge < -0.3 is 5.11 Å². The molecule has 1 aromatic carbocycles. The van der Waals surface area contributed by atoms with Gasteiger partial charge in [0, 0.05) is 0 Å². The normalized spacial score (nSPS) is 12.2. The van der Waals surface area contributed by atoms with Gasteiger partial charge in [0.25, 0.3) is 0 Å². The minimum atomic E-state index is -0.883. The van der Waals surface area contributed by atoms with E-state index < -0.39 is 5.97 Å². The Hall–Kier alpha value is -2.09. The summed E-state index contributed by atoms with van der Waals surface area (Å²) in [5.41, 5.74) is 5.51. The molecule has 0 spiro atoms. The van der Waals surface area contributed by atoms with E-state index in [9.17, 15) is 4.79 Å². The molecule has 0 aromatic heterocycles. The number of rotatable bonds is 8. The van der Waals surface area contributed by atoms with E-state index in [1.807, 2.05) is 12.1 Å². The molecule has 0 unspecified atom stereocenters. The molecule has 2 heteroatoms. The molecule has 0 aliphatic carbocycles. The van der Waals surface area contributed by atoms with Crippen LogP contribution < -0.4 is 0 Å². The summed E-state index contributed by atoms with van der Waals surface area (Å²) in [4.78, 5) is 10.8. The molecule has 0 aliphatic rings. The number of aromatic carboxylic acids is 1. The molecule has 0 atom stereocenters. The van der Waals surface area contributed by atoms with Gasteiger partial charge in [-0.3, -0.25) is 0 Å². The van der Waals surface area contributed by atoms with Crippen LogP contribution in [0.15, 0.2) is 53.1 Å². The lowest BCUT2D eigenvalue weighted by Gasteiger charge is -2.02. The topological polar surface area (TPSA) is 37.3 Å². The molecule has 1 aromatic rings. The third kappa shape index (κ3) is 8.20. The largest absolute Gasteiger partial charge is 0.478 e. The van der Waals surface area contributed by atoms with Crippen LogP contribution >= 0.6 is 0 Å². The summed E-state index contributed by atoms with van der Waals surface area (Å²) in [7, 11) is 0. The second-order valence-electron chi connectivity index (χ2n) is 6.33. The fourth-order valence-corrected chi connectivity index (χ4v) is 2.32. The minimum Gasteiger partial charge on any atom is -0.478 e. The van der Waals surface area contributed by atoms with E-state index in [4.69, 9.17) is 5.11 Å². The van der Waals surface area contributed by atoms with Crippen LogP contribution in [0.1, 0.15) is 69.3 Å². The summed E-state index contributed by atoms with van der Waals surface area (Å²) in [5.74, 6) is -0.883. The number of carboxylic acid groups (broad SMARTS) is 1. The Balaban J connectivity index is 2.47. The third-order valence-corrected chi connectivity index (χ3v) is 3.69. The molecule has 0 aliphatic heterocycles. The molecule has 0 heterocycles. The predicted molar refractivity (Wildman–Crippen MR) is 98.7 cm³/mol. The average Bonchev–Trinajstić information content (AvgIpc) is 2.47. The van der Waals surface area contributed by atoms with E-state index >= 15 is 0 Å². The van der Waals surface area contributed by atoms with Crippen LogP contribution in [0, 0.1) is 0 Å². The minimum absolute atomic E-state index is 0.328. The second-order valence-corrected chi connectivity index (χ2v) is 6.33. The van der Waals surface area contributed by atoms with Crippen LogP contribution in [0.2, 0.25) is 0 Å². The maximum Gasteiger partial charge on any atom is 0.335 e. The van der Waals surface area contributed by atoms with E-state index in [1.54, 1.807) is 12.1 Å². The number of hydrogen-bond acceptors (Lipinski definition) is 1. The zero-order valence-electron chi connectivity index (χ0n) is 14.7. The second kappa shape index (κ2) is 9.83. The van der Waals surface area contributed by atoms with Crippen molar-refractivity contribution in [3.8, 4) is 0 Å². The first-order chi connectivity index (χ1) is 10.9. The van der Waals surface area contributed by atoms with Crippen LogP contribution in [-0.2, 0) is 0 Å². The Kier molecular flexibility index (Phi) is 8.10. The molecule has 0 amide bonds. The molecular weight excluding hydrogens is 284 g/mol. The molecule has 1 rings (SSSR count). The lowest BCUT2D eigenvalue weighted by Crippen LogP contribution is -1.94. The van der Waals surface area contributed by atoms with Gasteiger partial charge in [-0.25, -0.2) is 4.79 Å². The SMILES string of the molecule is CC(C)=CCC/C(C)=C/CC/C(C)=C/c1ccc(C(=O)O)cc1. The van der Waals surface area contributed by atoms with Gasteiger partial charge >= 0.3 is 5.97 Å². The first-order valence-electron chi connectivity index (χ1n) is 8.18. The van der Waals surface area contributed by atoms with E-state index in [-0.39, 0.29) is 0 Å². The van der Waals surface area contributed by atoms with Crippen LogP contribution in [0.25, 0.3) is 6.08 Å². The summed E-state index contributed by atoms with van der Waals surface area (Å²) < 4.78 is 0. The molecule has 0 bridgehead atoms. The smallest absolute Gasteiger partial charge is 0.335 e. The van der Waals surface area contributed by atoms with Crippen molar-refractivity contribution in [3.05, 3.63) is 64.3 Å². The zero-order chi connectivity index (χ0) is 17.2. The van der Waals surface area contributed by atoms with Crippen molar-refractivity contribution in [3.63, 3.8) is 0 Å². The van der Waals surface area contributed by atoms with Crippen molar-refractivity contribution < 1.29 is 9.90 Å². The summed E-state index contributed by atoms with van der Waals surface area (Å²) in [6.45, 7) is 8.59. The first kappa shape index (κ1) is 19.0. The lowest BCUT2D eigenvalue weighted by molar-refractivity contribution is 0.0697. The first-order valence-corrected chi connectivity index (χ1v) is 8.18. The molecule has 0 saturated carbocycles. The van der Waals surface area contributed by atoms with Gasteiger partial charge in [-0.2, -0.15) is 0 Å². The molecule has 1 N–H and O–H groups in total. The highest BCUT2D eigenvalue weighted by Crippen LogP contribution is 2.15. The molecule has 124 valence electrons. The average molecular weight is 312 g/mol. The predicted octanol–water partition coefficient (Wildman–Crippen LogP) is 6.26. The van der Waals surface area contributed by atoms with Crippen LogP contribution in [0.3, 0.4) is 0 Å². The van der Waals surface area contributed by atoms with Crippen molar-refractivity contribution in [2.75, 3.05) is 0 Å². The van der Waals surface area contributed by atoms with Gasteiger partial charge in [0.15, 0.2) is 0 Å². The zero-order valence-corrected chi connectivity index (χ0v) is 14.7. The van der Waals surface area contributed by atoms with Gasteiger partial charge in [0.2, 0.25) is 0 Å². The molecular formula is C21H28O2. The fourth-order valence-electron chi connectivity index (χ4n) is 2.32. The number of carbonyl (C=O) groups is 1. The van der Waals surface area contributed by atoms with E-state index in [0.29, 0.717) is 5.56 Å². The van der Waals surface area contributed by atoms with Gasteiger partial charge in [-0.05, 0) is 71.1 Å². The van der Waals surface area contributed by atoms with E-state index in [1.165, 1.54) is 16.7 Å². The van der Waals surface area contributed by atoms with Crippen molar-refractivity contribution >= 4 is 12.0 Å². The van der Waals surface area contributed by atoms with Crippen LogP contribution in [0.5, 0.6) is 0 Å². The van der Waals surface area contributed by atoms with Gasteiger partial charge in [-0.15, -0.1) is 0 Å². The lowest BCUT2D eigenvalue weighted by atomic mass is 10.0. The Morgan fingerprint density at radius 3 is 2.04 bits per heavy atom. The molecule has 0 saturated heterocycles. The van der Waals surface area contributed by atoms with Gasteiger partial charge in [-0.1, -0.05) is 47.1 Å². The van der Waals surface area contributed by atoms with Gasteiger partial charge in [0.05, 0.1) is 5.56 Å². The van der Waals surface area contributed by atoms with Gasteiger partial charge in [0.1, 0.15) is 0 Å². The Labute approximate surface area is 140 Å². The van der Waals surface area contributed by atoms with E-state index in [0.717, 1.165) is 31.2 Å². The van der Waals surface area contributed by atoms with Crippen LogP contribution in [-0.4, -0.2) is 11.1 Å². The van der Waals surface area contributed by atoms with Crippen molar-refractivity contribution in [2.24, 2.45) is 0 Å². The molecule has 0 fully saturated rings. The monoisotopic (exact) mass is 312 g/mol.